The molecular weight excluding hydrogens is 378 g/mol. The lowest BCUT2D eigenvalue weighted by molar-refractivity contribution is 0.0641. The van der Waals surface area contributed by atoms with Gasteiger partial charge in [0.15, 0.2) is 0 Å². The molecule has 1 amide bonds. The molecule has 4 nitrogen and oxygen atoms in total. The summed E-state index contributed by atoms with van der Waals surface area (Å²) in [5.74, 6) is 0.121. The fraction of sp³-hybridized carbons (Fsp3) is 0.429. The van der Waals surface area contributed by atoms with Crippen LogP contribution in [0.2, 0.25) is 0 Å². The maximum absolute atomic E-state index is 13.5. The highest BCUT2D eigenvalue weighted by molar-refractivity contribution is 7.98. The standard InChI is InChI=1S/C21H27N3OS.ClH/c1-16-8-9-19(26-2)14-20(16)21(25)24(15-17-6-3-4-12-23-17)18-7-5-11-22-13-10-18;/h3-4,6,8-9,12,14,18,22H,5,7,10-11,13,15H2,1-2H3;1H. The molecule has 1 aliphatic rings. The molecule has 1 atom stereocenters. The summed E-state index contributed by atoms with van der Waals surface area (Å²) in [6.45, 7) is 4.57. The van der Waals surface area contributed by atoms with Gasteiger partial charge in [0.2, 0.25) is 0 Å². The van der Waals surface area contributed by atoms with E-state index in [-0.39, 0.29) is 24.4 Å². The summed E-state index contributed by atoms with van der Waals surface area (Å²) in [6.07, 6.45) is 6.96. The zero-order valence-corrected chi connectivity index (χ0v) is 17.6. The van der Waals surface area contributed by atoms with Gasteiger partial charge < -0.3 is 10.2 Å². The molecule has 0 radical (unpaired) electrons. The molecule has 1 aromatic heterocycles. The molecule has 1 fully saturated rings. The molecule has 3 rings (SSSR count). The lowest BCUT2D eigenvalue weighted by Crippen LogP contribution is -2.40. The number of aryl methyl sites for hydroxylation is 1. The number of nitrogens with zero attached hydrogens (tertiary/aromatic N) is 2. The molecule has 1 N–H and O–H groups in total. The molecule has 1 aromatic carbocycles. The molecule has 0 spiro atoms. The second-order valence-electron chi connectivity index (χ2n) is 6.77. The first-order chi connectivity index (χ1) is 12.7. The lowest BCUT2D eigenvalue weighted by atomic mass is 10.0. The van der Waals surface area contributed by atoms with Crippen LogP contribution in [0, 0.1) is 6.92 Å². The van der Waals surface area contributed by atoms with Crippen molar-refractivity contribution in [3.8, 4) is 0 Å². The Morgan fingerprint density at radius 1 is 1.26 bits per heavy atom. The zero-order valence-electron chi connectivity index (χ0n) is 16.0. The van der Waals surface area contributed by atoms with E-state index in [0.717, 1.165) is 54.1 Å². The molecule has 1 saturated heterocycles. The predicted octanol–water partition coefficient (Wildman–Crippen LogP) is 4.32. The van der Waals surface area contributed by atoms with Gasteiger partial charge in [0.05, 0.1) is 12.2 Å². The maximum Gasteiger partial charge on any atom is 0.254 e. The number of nitrogens with one attached hydrogen (secondary N) is 1. The molecule has 1 unspecified atom stereocenters. The van der Waals surface area contributed by atoms with Gasteiger partial charge in [-0.15, -0.1) is 24.2 Å². The largest absolute Gasteiger partial charge is 0.330 e. The second kappa shape index (κ2) is 10.7. The minimum absolute atomic E-state index is 0. The highest BCUT2D eigenvalue weighted by atomic mass is 35.5. The van der Waals surface area contributed by atoms with Crippen LogP contribution in [-0.4, -0.2) is 41.2 Å². The first kappa shape index (κ1) is 21.7. The van der Waals surface area contributed by atoms with Gasteiger partial charge in [-0.2, -0.15) is 0 Å². The van der Waals surface area contributed by atoms with Crippen LogP contribution in [0.3, 0.4) is 0 Å². The van der Waals surface area contributed by atoms with Gasteiger partial charge in [0.1, 0.15) is 0 Å². The van der Waals surface area contributed by atoms with Gasteiger partial charge in [-0.25, -0.2) is 0 Å². The molecule has 27 heavy (non-hydrogen) atoms. The van der Waals surface area contributed by atoms with Crippen molar-refractivity contribution in [3.05, 3.63) is 59.4 Å². The summed E-state index contributed by atoms with van der Waals surface area (Å²) in [5.41, 5.74) is 2.78. The predicted molar refractivity (Wildman–Crippen MR) is 115 cm³/mol. The minimum Gasteiger partial charge on any atom is -0.330 e. The van der Waals surface area contributed by atoms with E-state index in [1.54, 1.807) is 18.0 Å². The first-order valence-electron chi connectivity index (χ1n) is 9.25. The Labute approximate surface area is 172 Å². The SMILES string of the molecule is CSc1ccc(C)c(C(=O)N(Cc2ccccn2)C2CCCNCC2)c1.Cl. The summed E-state index contributed by atoms with van der Waals surface area (Å²) in [5, 5.41) is 3.45. The van der Waals surface area contributed by atoms with Gasteiger partial charge in [-0.05, 0) is 75.4 Å². The van der Waals surface area contributed by atoms with E-state index in [0.29, 0.717) is 6.54 Å². The van der Waals surface area contributed by atoms with Crippen molar-refractivity contribution in [1.82, 2.24) is 15.2 Å². The van der Waals surface area contributed by atoms with Crippen LogP contribution >= 0.6 is 24.2 Å². The Kier molecular flexibility index (Phi) is 8.61. The summed E-state index contributed by atoms with van der Waals surface area (Å²) < 4.78 is 0. The number of hydrogen-bond donors (Lipinski definition) is 1. The lowest BCUT2D eigenvalue weighted by Gasteiger charge is -2.31. The van der Waals surface area contributed by atoms with Crippen molar-refractivity contribution in [1.29, 1.82) is 0 Å². The number of thioether (sulfide) groups is 1. The molecule has 146 valence electrons. The third kappa shape index (κ3) is 5.71. The van der Waals surface area contributed by atoms with Crippen LogP contribution in [0.15, 0.2) is 47.5 Å². The molecule has 2 aromatic rings. The third-order valence-electron chi connectivity index (χ3n) is 4.98. The number of carbonyl (C=O) groups is 1. The average molecular weight is 406 g/mol. The monoisotopic (exact) mass is 405 g/mol. The van der Waals surface area contributed by atoms with Crippen LogP contribution in [-0.2, 0) is 6.54 Å². The van der Waals surface area contributed by atoms with Crippen LogP contribution < -0.4 is 5.32 Å². The van der Waals surface area contributed by atoms with E-state index in [1.165, 1.54) is 0 Å². The Morgan fingerprint density at radius 3 is 2.85 bits per heavy atom. The highest BCUT2D eigenvalue weighted by Crippen LogP contribution is 2.24. The second-order valence-corrected chi connectivity index (χ2v) is 7.65. The van der Waals surface area contributed by atoms with E-state index in [9.17, 15) is 4.79 Å². The van der Waals surface area contributed by atoms with Crippen molar-refractivity contribution in [2.75, 3.05) is 19.3 Å². The van der Waals surface area contributed by atoms with Gasteiger partial charge in [0, 0.05) is 22.7 Å². The number of halogens is 1. The highest BCUT2D eigenvalue weighted by Gasteiger charge is 2.27. The van der Waals surface area contributed by atoms with E-state index in [4.69, 9.17) is 0 Å². The summed E-state index contributed by atoms with van der Waals surface area (Å²) in [4.78, 5) is 21.1. The Bertz CT molecular complexity index is 733. The molecule has 2 heterocycles. The summed E-state index contributed by atoms with van der Waals surface area (Å²) >= 11 is 1.67. The topological polar surface area (TPSA) is 45.2 Å². The number of carbonyl (C=O) groups excluding carboxylic acids is 1. The van der Waals surface area contributed by atoms with Crippen LogP contribution in [0.4, 0.5) is 0 Å². The van der Waals surface area contributed by atoms with Gasteiger partial charge >= 0.3 is 0 Å². The van der Waals surface area contributed by atoms with Crippen molar-refractivity contribution >= 4 is 30.1 Å². The normalized spacial score (nSPS) is 16.9. The fourth-order valence-electron chi connectivity index (χ4n) is 3.46. The number of hydrogen-bond acceptors (Lipinski definition) is 4. The van der Waals surface area contributed by atoms with E-state index in [2.05, 4.69) is 16.4 Å². The Morgan fingerprint density at radius 2 is 2.11 bits per heavy atom. The fourth-order valence-corrected chi connectivity index (χ4v) is 3.90. The Hall–Kier alpha value is -1.56. The number of benzene rings is 1. The Balaban J connectivity index is 0.00000261. The summed E-state index contributed by atoms with van der Waals surface area (Å²) in [7, 11) is 0. The molecule has 0 aliphatic carbocycles. The van der Waals surface area contributed by atoms with E-state index in [1.807, 2.05) is 48.4 Å². The number of pyridine rings is 1. The minimum atomic E-state index is 0. The first-order valence-corrected chi connectivity index (χ1v) is 10.5. The van der Waals surface area contributed by atoms with E-state index < -0.39 is 0 Å². The van der Waals surface area contributed by atoms with Gasteiger partial charge in [-0.1, -0.05) is 12.1 Å². The molecular formula is C21H28ClN3OS. The van der Waals surface area contributed by atoms with Crippen molar-refractivity contribution in [2.24, 2.45) is 0 Å². The summed E-state index contributed by atoms with van der Waals surface area (Å²) in [6, 6.07) is 12.3. The van der Waals surface area contributed by atoms with Gasteiger partial charge in [-0.3, -0.25) is 9.78 Å². The van der Waals surface area contributed by atoms with Crippen LogP contribution in [0.25, 0.3) is 0 Å². The molecule has 1 aliphatic heterocycles. The quantitative estimate of drug-likeness (QED) is 0.752. The van der Waals surface area contributed by atoms with Crippen LogP contribution in [0.1, 0.15) is 40.9 Å². The molecule has 6 heteroatoms. The molecule has 0 saturated carbocycles. The van der Waals surface area contributed by atoms with Crippen molar-refractivity contribution in [2.45, 2.75) is 43.7 Å². The number of aromatic nitrogens is 1. The van der Waals surface area contributed by atoms with Gasteiger partial charge in [0.25, 0.3) is 5.91 Å². The number of rotatable bonds is 5. The van der Waals surface area contributed by atoms with E-state index >= 15 is 0 Å². The maximum atomic E-state index is 13.5. The third-order valence-corrected chi connectivity index (χ3v) is 5.71. The average Bonchev–Trinajstić information content (AvgIpc) is 2.96. The zero-order chi connectivity index (χ0) is 18.4. The van der Waals surface area contributed by atoms with Crippen molar-refractivity contribution in [3.63, 3.8) is 0 Å². The van der Waals surface area contributed by atoms with Crippen LogP contribution in [0.5, 0.6) is 0 Å². The van der Waals surface area contributed by atoms with Crippen molar-refractivity contribution < 1.29 is 4.79 Å². The molecule has 0 bridgehead atoms. The smallest absolute Gasteiger partial charge is 0.254 e. The number of amides is 1.